The Hall–Kier alpha value is -7.30. The molecule has 1 heterocycles. The molecule has 1 aliphatic heterocycles. The summed E-state index contributed by atoms with van der Waals surface area (Å²) in [4.78, 5) is 112. The van der Waals surface area contributed by atoms with Crippen molar-refractivity contribution >= 4 is 78.8 Å². The third kappa shape index (κ3) is 182. The molecule has 25 N–H and O–H groups in total. The second-order valence-corrected chi connectivity index (χ2v) is 18.9. The van der Waals surface area contributed by atoms with Crippen LogP contribution in [0.4, 0.5) is 0 Å². The molecule has 4 rings (SSSR count). The minimum absolute atomic E-state index is 0. The summed E-state index contributed by atoms with van der Waals surface area (Å²) in [6.07, 6.45) is 10.9. The van der Waals surface area contributed by atoms with Crippen molar-refractivity contribution in [3.05, 3.63) is 108 Å². The Kier molecular flexibility index (Phi) is 296. The van der Waals surface area contributed by atoms with E-state index in [4.69, 9.17) is 48.3 Å². The van der Waals surface area contributed by atoms with Gasteiger partial charge in [0.2, 0.25) is 17.7 Å². The van der Waals surface area contributed by atoms with Crippen LogP contribution in [-0.2, 0) is 76.8 Å². The predicted octanol–water partition coefficient (Wildman–Crippen LogP) is 14.2. The lowest BCUT2D eigenvalue weighted by Crippen LogP contribution is -2.54. The SMILES string of the molecule is C=O.C=O.C=O.C=O.C=O.C=O.C=O.C=O.C=O.CC.CC.CC(=O)N(C)[C@@H](Cc1ccccc1)C(=O)N[C@@H](C)C(=O)N1CCCCC1.CC(C)O.CCC(C)C.CCC(C)C.CCC(C)C.CCC(C)C.CCc1ccccc1.CCc1ccccc1.CN.CN.CN.CN.N.N.N.N.N. The zero-order valence-electron chi connectivity index (χ0n) is 70.1. The van der Waals surface area contributed by atoms with Crippen LogP contribution in [0.5, 0.6) is 0 Å². The fraction of sp³-hybridized carbons (Fsp3) is 0.605. The first-order valence-electron chi connectivity index (χ1n) is 32.6. The molecule has 101 heavy (non-hydrogen) atoms. The number of carbonyl (C=O) groups excluding carboxylic acids is 12. The summed E-state index contributed by atoms with van der Waals surface area (Å²) in [5, 5.41) is 10.9. The van der Waals surface area contributed by atoms with E-state index in [1.165, 1.54) is 76.8 Å². The molecule has 3 aromatic carbocycles. The van der Waals surface area contributed by atoms with Gasteiger partial charge in [-0.15, -0.1) is 0 Å². The van der Waals surface area contributed by atoms with Crippen molar-refractivity contribution in [2.24, 2.45) is 46.6 Å². The maximum atomic E-state index is 12.8. The number of carbonyl (C=O) groups is 12. The van der Waals surface area contributed by atoms with Gasteiger partial charge in [0.05, 0.1) is 0 Å². The van der Waals surface area contributed by atoms with Crippen molar-refractivity contribution in [3.8, 4) is 0 Å². The standard InChI is InChI=1S/C20H29N3O3.2C8H10.4C5H12.C3H8O.2C2H6.4CH5N.9CH2O.5H3N/c1-15(20(26)23-12-8-5-9-13-23)21-19(25)18(22(3)16(2)24)14-17-10-6-4-7-11-17;2*1-2-8-6-4-3-5-7-8;4*1-4-5(2)3;1-3(2)4;15*1-2;;;;;/h4,6-7,10-11,15,18H,5,8-9,12-14H2,1-3H3,(H,21,25);2*3-7H,2H2,1H3;4*5H,4H2,1-3H3;3-4H,1-2H3;2*1-2H3;4*2H2,1H3;9*1H2;5*1H3/t15-,18-;;;;;;;;;;;;;;;;;;;;;;;;;;;/m0.........................../s1. The summed E-state index contributed by atoms with van der Waals surface area (Å²) in [5.74, 6) is 3.00. The van der Waals surface area contributed by atoms with Gasteiger partial charge in [-0.05, 0) is 121 Å². The average molecular weight is 1460 g/mol. The van der Waals surface area contributed by atoms with Crippen LogP contribution in [0.15, 0.2) is 91.0 Å². The van der Waals surface area contributed by atoms with E-state index >= 15 is 0 Å². The van der Waals surface area contributed by atoms with Crippen LogP contribution in [0.2, 0.25) is 0 Å². The number of aliphatic hydroxyl groups is 1. The summed E-state index contributed by atoms with van der Waals surface area (Å²) in [5.41, 5.74) is 21.8. The number of aryl methyl sites for hydroxylation is 2. The number of nitrogens with zero attached hydrogens (tertiary/aromatic N) is 2. The number of likely N-dealkylation sites (N-methyl/N-ethyl adjacent to an activating group) is 1. The molecule has 0 spiro atoms. The molecule has 1 aliphatic rings. The van der Waals surface area contributed by atoms with Crippen molar-refractivity contribution in [2.75, 3.05) is 48.3 Å². The molecule has 1 saturated heterocycles. The van der Waals surface area contributed by atoms with Crippen LogP contribution in [0.25, 0.3) is 0 Å². The molecule has 1 fully saturated rings. The molecule has 0 unspecified atom stereocenters. The van der Waals surface area contributed by atoms with Gasteiger partial charge in [-0.25, -0.2) is 0 Å². The van der Waals surface area contributed by atoms with Crippen molar-refractivity contribution in [2.45, 2.75) is 235 Å². The van der Waals surface area contributed by atoms with Crippen LogP contribution in [0.3, 0.4) is 0 Å². The molecular formula is C76H170N12O13. The van der Waals surface area contributed by atoms with E-state index in [0.717, 1.165) is 74.4 Å². The maximum absolute atomic E-state index is 12.8. The van der Waals surface area contributed by atoms with E-state index in [1.807, 2.05) is 136 Å². The number of hydrogen-bond donors (Lipinski definition) is 11. The molecule has 0 aliphatic carbocycles. The molecule has 2 atom stereocenters. The van der Waals surface area contributed by atoms with E-state index in [1.54, 1.807) is 27.8 Å². The summed E-state index contributed by atoms with van der Waals surface area (Å²) in [6, 6.07) is 29.2. The number of piperidine rings is 1. The Morgan fingerprint density at radius 1 is 0.416 bits per heavy atom. The second kappa shape index (κ2) is 181. The molecule has 0 bridgehead atoms. The number of aliphatic hydroxyl groups excluding tert-OH is 1. The predicted molar refractivity (Wildman–Crippen MR) is 442 cm³/mol. The normalized spacial score (nSPS) is 8.66. The zero-order chi connectivity index (χ0) is 81.5. The third-order valence-electron chi connectivity index (χ3n) is 10.7. The summed E-state index contributed by atoms with van der Waals surface area (Å²) >= 11 is 0. The molecule has 0 aromatic heterocycles. The number of nitrogens with one attached hydrogen (secondary N) is 1. The largest absolute Gasteiger partial charge is 0.394 e. The van der Waals surface area contributed by atoms with Crippen molar-refractivity contribution < 1.29 is 62.6 Å². The van der Waals surface area contributed by atoms with Crippen molar-refractivity contribution in [3.63, 3.8) is 0 Å². The highest BCUT2D eigenvalue weighted by atomic mass is 16.3. The Morgan fingerprint density at radius 3 is 0.762 bits per heavy atom. The third-order valence-corrected chi connectivity index (χ3v) is 10.7. The van der Waals surface area contributed by atoms with Crippen LogP contribution in [0, 0.1) is 23.7 Å². The monoisotopic (exact) mass is 1460 g/mol. The summed E-state index contributed by atoms with van der Waals surface area (Å²) in [6.45, 7) is 65.0. The van der Waals surface area contributed by atoms with Crippen LogP contribution < -0.4 is 59.0 Å². The van der Waals surface area contributed by atoms with E-state index in [-0.39, 0.29) is 54.6 Å². The van der Waals surface area contributed by atoms with Gasteiger partial charge in [-0.1, -0.05) is 241 Å². The van der Waals surface area contributed by atoms with Gasteiger partial charge in [-0.2, -0.15) is 0 Å². The Labute approximate surface area is 622 Å². The highest BCUT2D eigenvalue weighted by Gasteiger charge is 2.29. The summed E-state index contributed by atoms with van der Waals surface area (Å²) in [7, 11) is 7.62. The first-order chi connectivity index (χ1) is 46.1. The number of hydrogen-bond acceptors (Lipinski definition) is 22. The minimum Gasteiger partial charge on any atom is -0.394 e. The van der Waals surface area contributed by atoms with Crippen LogP contribution in [0.1, 0.15) is 214 Å². The number of nitrogens with two attached hydrogens (primary N) is 4. The van der Waals surface area contributed by atoms with Gasteiger partial charge in [-0.3, -0.25) is 14.4 Å². The molecule has 25 nitrogen and oxygen atoms in total. The van der Waals surface area contributed by atoms with Gasteiger partial charge in [0.25, 0.3) is 0 Å². The Morgan fingerprint density at radius 2 is 0.604 bits per heavy atom. The fourth-order valence-electron chi connectivity index (χ4n) is 4.65. The maximum Gasteiger partial charge on any atom is 0.244 e. The first kappa shape index (κ1) is 166. The molecule has 25 heteroatoms. The minimum atomic E-state index is -0.647. The first-order valence-corrected chi connectivity index (χ1v) is 32.6. The van der Waals surface area contributed by atoms with E-state index in [0.29, 0.717) is 6.42 Å². The number of likely N-dealkylation sites (tertiary alicyclic amines) is 1. The lowest BCUT2D eigenvalue weighted by atomic mass is 10.0. The molecule has 3 amide bonds. The Bertz CT molecular complexity index is 1600. The topological polar surface area (TPSA) is 523 Å². The highest BCUT2D eigenvalue weighted by molar-refractivity contribution is 5.91. The zero-order valence-corrected chi connectivity index (χ0v) is 70.1. The smallest absolute Gasteiger partial charge is 0.244 e. The van der Waals surface area contributed by atoms with Gasteiger partial charge in [0, 0.05) is 39.6 Å². The molecule has 0 saturated carbocycles. The van der Waals surface area contributed by atoms with Crippen LogP contribution >= 0.6 is 0 Å². The lowest BCUT2D eigenvalue weighted by molar-refractivity contribution is -0.140. The van der Waals surface area contributed by atoms with Gasteiger partial charge in [0.1, 0.15) is 73.2 Å². The van der Waals surface area contributed by atoms with Crippen molar-refractivity contribution in [1.82, 2.24) is 45.9 Å². The van der Waals surface area contributed by atoms with Gasteiger partial charge < -0.3 is 117 Å². The molecular weight excluding hydrogens is 1290 g/mol. The van der Waals surface area contributed by atoms with Crippen LogP contribution in [-0.4, -0.2) is 160 Å². The average Bonchev–Trinajstić information content (AvgIpc) is 0.897. The molecule has 3 aromatic rings. The number of rotatable bonds is 12. The second-order valence-electron chi connectivity index (χ2n) is 18.9. The Balaban J connectivity index is -0.0000000308. The quantitative estimate of drug-likeness (QED) is 0.0802. The summed E-state index contributed by atoms with van der Waals surface area (Å²) < 4.78 is 0. The van der Waals surface area contributed by atoms with Crippen molar-refractivity contribution in [1.29, 1.82) is 0 Å². The van der Waals surface area contributed by atoms with E-state index < -0.39 is 12.1 Å². The van der Waals surface area contributed by atoms with Gasteiger partial charge >= 0.3 is 0 Å². The van der Waals surface area contributed by atoms with E-state index in [2.05, 4.69) is 174 Å². The van der Waals surface area contributed by atoms with Gasteiger partial charge in [0.15, 0.2) is 0 Å². The lowest BCUT2D eigenvalue weighted by Gasteiger charge is -2.31. The van der Waals surface area contributed by atoms with E-state index in [9.17, 15) is 14.4 Å². The highest BCUT2D eigenvalue weighted by Crippen LogP contribution is 2.12. The molecule has 612 valence electrons. The molecule has 0 radical (unpaired) electrons. The number of benzene rings is 3. The number of amides is 3. The fourth-order valence-corrected chi connectivity index (χ4v) is 4.65.